The van der Waals surface area contributed by atoms with Gasteiger partial charge in [-0.05, 0) is 31.2 Å². The standard InChI is InChI=1S/C16H17ClN2O4S/c1-2-23-11-7-8-14(13(17)9-11)19-10-24(21,22)15-6-4-3-5-12(15)16(18)20/h3-9,19H,2,10H2,1H3,(H2,18,20). The van der Waals surface area contributed by atoms with Gasteiger partial charge in [0, 0.05) is 6.07 Å². The lowest BCUT2D eigenvalue weighted by molar-refractivity contribution is 0.0997. The van der Waals surface area contributed by atoms with Gasteiger partial charge in [0.25, 0.3) is 0 Å². The number of nitrogens with one attached hydrogen (secondary N) is 1. The molecule has 6 nitrogen and oxygen atoms in total. The molecule has 0 aliphatic rings. The van der Waals surface area contributed by atoms with Gasteiger partial charge in [-0.1, -0.05) is 23.7 Å². The predicted molar refractivity (Wildman–Crippen MR) is 93.3 cm³/mol. The average molecular weight is 369 g/mol. The van der Waals surface area contributed by atoms with E-state index in [1.807, 2.05) is 6.92 Å². The van der Waals surface area contributed by atoms with Crippen LogP contribution in [0.2, 0.25) is 5.02 Å². The number of sulfone groups is 1. The van der Waals surface area contributed by atoms with Gasteiger partial charge >= 0.3 is 0 Å². The Morgan fingerprint density at radius 2 is 1.96 bits per heavy atom. The quantitative estimate of drug-likeness (QED) is 0.782. The number of ether oxygens (including phenoxy) is 1. The van der Waals surface area contributed by atoms with Gasteiger partial charge < -0.3 is 15.8 Å². The van der Waals surface area contributed by atoms with Crippen LogP contribution in [-0.2, 0) is 9.84 Å². The van der Waals surface area contributed by atoms with Gasteiger partial charge in [-0.25, -0.2) is 8.42 Å². The van der Waals surface area contributed by atoms with Crippen LogP contribution in [0.4, 0.5) is 5.69 Å². The summed E-state index contributed by atoms with van der Waals surface area (Å²) in [6, 6.07) is 10.7. The first-order valence-electron chi connectivity index (χ1n) is 7.13. The summed E-state index contributed by atoms with van der Waals surface area (Å²) in [5, 5.41) is 3.09. The van der Waals surface area contributed by atoms with Crippen molar-refractivity contribution in [1.82, 2.24) is 0 Å². The summed E-state index contributed by atoms with van der Waals surface area (Å²) in [5.74, 6) is -0.631. The highest BCUT2D eigenvalue weighted by molar-refractivity contribution is 7.91. The first kappa shape index (κ1) is 18.1. The van der Waals surface area contributed by atoms with E-state index in [0.717, 1.165) is 0 Å². The van der Waals surface area contributed by atoms with Crippen molar-refractivity contribution in [2.75, 3.05) is 17.8 Å². The van der Waals surface area contributed by atoms with Gasteiger partial charge in [-0.3, -0.25) is 4.79 Å². The molecule has 128 valence electrons. The molecule has 0 aromatic heterocycles. The Labute approximate surface area is 145 Å². The number of anilines is 1. The Morgan fingerprint density at radius 1 is 1.25 bits per heavy atom. The van der Waals surface area contributed by atoms with Crippen molar-refractivity contribution in [3.63, 3.8) is 0 Å². The van der Waals surface area contributed by atoms with Crippen molar-refractivity contribution >= 4 is 33.0 Å². The molecule has 0 saturated carbocycles. The molecule has 0 fully saturated rings. The lowest BCUT2D eigenvalue weighted by atomic mass is 10.2. The Bertz CT molecular complexity index is 853. The fourth-order valence-electron chi connectivity index (χ4n) is 2.09. The third kappa shape index (κ3) is 4.18. The molecule has 0 atom stereocenters. The van der Waals surface area contributed by atoms with Crippen molar-refractivity contribution in [2.24, 2.45) is 5.73 Å². The number of amides is 1. The summed E-state index contributed by atoms with van der Waals surface area (Å²) >= 11 is 6.11. The van der Waals surface area contributed by atoms with Gasteiger partial charge in [0.2, 0.25) is 5.91 Å². The molecule has 0 aliphatic carbocycles. The number of carbonyl (C=O) groups excluding carboxylic acids is 1. The monoisotopic (exact) mass is 368 g/mol. The zero-order chi connectivity index (χ0) is 17.7. The van der Waals surface area contributed by atoms with Crippen LogP contribution in [0.15, 0.2) is 47.4 Å². The second-order valence-electron chi connectivity index (χ2n) is 4.87. The fraction of sp³-hybridized carbons (Fsp3) is 0.188. The maximum absolute atomic E-state index is 12.5. The van der Waals surface area contributed by atoms with Gasteiger partial charge in [-0.2, -0.15) is 0 Å². The zero-order valence-corrected chi connectivity index (χ0v) is 14.5. The number of rotatable bonds is 7. The number of carbonyl (C=O) groups is 1. The molecule has 0 radical (unpaired) electrons. The van der Waals surface area contributed by atoms with Crippen molar-refractivity contribution in [2.45, 2.75) is 11.8 Å². The topological polar surface area (TPSA) is 98.5 Å². The molecule has 3 N–H and O–H groups in total. The van der Waals surface area contributed by atoms with Crippen LogP contribution in [0, 0.1) is 0 Å². The molecular formula is C16H17ClN2O4S. The summed E-state index contributed by atoms with van der Waals surface area (Å²) in [5.41, 5.74) is 5.63. The number of benzene rings is 2. The van der Waals surface area contributed by atoms with Crippen molar-refractivity contribution < 1.29 is 17.9 Å². The molecular weight excluding hydrogens is 352 g/mol. The normalized spacial score (nSPS) is 11.1. The number of nitrogens with two attached hydrogens (primary N) is 1. The summed E-state index contributed by atoms with van der Waals surface area (Å²) in [6.07, 6.45) is 0. The minimum absolute atomic E-state index is 0.0444. The molecule has 24 heavy (non-hydrogen) atoms. The number of hydrogen-bond acceptors (Lipinski definition) is 5. The van der Waals surface area contributed by atoms with Crippen molar-refractivity contribution in [3.05, 3.63) is 53.1 Å². The highest BCUT2D eigenvalue weighted by atomic mass is 35.5. The van der Waals surface area contributed by atoms with E-state index >= 15 is 0 Å². The molecule has 1 amide bonds. The second-order valence-corrected chi connectivity index (χ2v) is 7.24. The molecule has 0 aliphatic heterocycles. The molecule has 0 spiro atoms. The predicted octanol–water partition coefficient (Wildman–Crippen LogP) is 2.68. The van der Waals surface area contributed by atoms with Gasteiger partial charge in [0.15, 0.2) is 9.84 Å². The number of halogens is 1. The Hall–Kier alpha value is -2.25. The Balaban J connectivity index is 2.21. The van der Waals surface area contributed by atoms with E-state index in [9.17, 15) is 13.2 Å². The molecule has 0 heterocycles. The molecule has 2 aromatic carbocycles. The van der Waals surface area contributed by atoms with E-state index in [4.69, 9.17) is 22.1 Å². The maximum atomic E-state index is 12.5. The van der Waals surface area contributed by atoms with Crippen LogP contribution in [0.1, 0.15) is 17.3 Å². The van der Waals surface area contributed by atoms with Gasteiger partial charge in [-0.15, -0.1) is 0 Å². The van der Waals surface area contributed by atoms with Crippen LogP contribution >= 0.6 is 11.6 Å². The summed E-state index contributed by atoms with van der Waals surface area (Å²) in [6.45, 7) is 2.35. The fourth-order valence-corrected chi connectivity index (χ4v) is 3.62. The van der Waals surface area contributed by atoms with E-state index in [0.29, 0.717) is 23.1 Å². The van der Waals surface area contributed by atoms with Gasteiger partial charge in [0.05, 0.1) is 27.8 Å². The number of primary amides is 1. The number of hydrogen-bond donors (Lipinski definition) is 2. The minimum Gasteiger partial charge on any atom is -0.494 e. The highest BCUT2D eigenvalue weighted by Gasteiger charge is 2.21. The minimum atomic E-state index is -3.77. The van der Waals surface area contributed by atoms with Gasteiger partial charge in [0.1, 0.15) is 11.6 Å². The third-order valence-corrected chi connectivity index (χ3v) is 5.05. The highest BCUT2D eigenvalue weighted by Crippen LogP contribution is 2.27. The van der Waals surface area contributed by atoms with Crippen LogP contribution in [0.5, 0.6) is 5.75 Å². The molecule has 2 rings (SSSR count). The van der Waals surface area contributed by atoms with E-state index in [-0.39, 0.29) is 10.5 Å². The lowest BCUT2D eigenvalue weighted by Crippen LogP contribution is -2.20. The largest absolute Gasteiger partial charge is 0.494 e. The van der Waals surface area contributed by atoms with Crippen LogP contribution in [0.3, 0.4) is 0 Å². The third-order valence-electron chi connectivity index (χ3n) is 3.19. The van der Waals surface area contributed by atoms with E-state index in [2.05, 4.69) is 5.32 Å². The van der Waals surface area contributed by atoms with E-state index < -0.39 is 21.6 Å². The second kappa shape index (κ2) is 7.55. The SMILES string of the molecule is CCOc1ccc(NCS(=O)(=O)c2ccccc2C(N)=O)c(Cl)c1. The first-order valence-corrected chi connectivity index (χ1v) is 9.16. The summed E-state index contributed by atoms with van der Waals surface area (Å²) in [7, 11) is -3.77. The smallest absolute Gasteiger partial charge is 0.250 e. The van der Waals surface area contributed by atoms with Crippen LogP contribution in [0.25, 0.3) is 0 Å². The molecule has 0 saturated heterocycles. The van der Waals surface area contributed by atoms with Crippen LogP contribution in [-0.4, -0.2) is 26.8 Å². The first-order chi connectivity index (χ1) is 11.3. The van der Waals surface area contributed by atoms with E-state index in [1.165, 1.54) is 18.2 Å². The molecule has 8 heteroatoms. The lowest BCUT2D eigenvalue weighted by Gasteiger charge is -2.12. The summed E-state index contributed by atoms with van der Waals surface area (Å²) < 4.78 is 30.3. The van der Waals surface area contributed by atoms with Crippen molar-refractivity contribution in [1.29, 1.82) is 0 Å². The van der Waals surface area contributed by atoms with E-state index in [1.54, 1.807) is 24.3 Å². The summed E-state index contributed by atoms with van der Waals surface area (Å²) in [4.78, 5) is 11.3. The van der Waals surface area contributed by atoms with Crippen molar-refractivity contribution in [3.8, 4) is 5.75 Å². The Kier molecular flexibility index (Phi) is 5.69. The zero-order valence-electron chi connectivity index (χ0n) is 13.0. The Morgan fingerprint density at radius 3 is 2.58 bits per heavy atom. The maximum Gasteiger partial charge on any atom is 0.250 e. The molecule has 0 unspecified atom stereocenters. The molecule has 2 aromatic rings. The average Bonchev–Trinajstić information content (AvgIpc) is 2.54. The molecule has 0 bridgehead atoms. The van der Waals surface area contributed by atoms with Crippen LogP contribution < -0.4 is 15.8 Å².